The van der Waals surface area contributed by atoms with Crippen LogP contribution in [0, 0.1) is 12.7 Å². The van der Waals surface area contributed by atoms with E-state index in [1.54, 1.807) is 24.0 Å². The van der Waals surface area contributed by atoms with Crippen molar-refractivity contribution >= 4 is 21.6 Å². The highest BCUT2D eigenvalue weighted by Crippen LogP contribution is 2.22. The van der Waals surface area contributed by atoms with Crippen LogP contribution < -0.4 is 4.72 Å². The summed E-state index contributed by atoms with van der Waals surface area (Å²) in [6.45, 7) is 6.96. The molecular formula is C20H25FN2O3S. The molecule has 0 aliphatic heterocycles. The quantitative estimate of drug-likeness (QED) is 0.732. The van der Waals surface area contributed by atoms with E-state index in [-0.39, 0.29) is 16.5 Å². The van der Waals surface area contributed by atoms with E-state index < -0.39 is 15.8 Å². The van der Waals surface area contributed by atoms with Crippen molar-refractivity contribution in [3.63, 3.8) is 0 Å². The minimum absolute atomic E-state index is 0.0762. The van der Waals surface area contributed by atoms with E-state index in [9.17, 15) is 17.6 Å². The van der Waals surface area contributed by atoms with Gasteiger partial charge in [-0.2, -0.15) is 0 Å². The van der Waals surface area contributed by atoms with E-state index in [0.717, 1.165) is 12.8 Å². The number of nitrogens with one attached hydrogen (secondary N) is 1. The van der Waals surface area contributed by atoms with Crippen molar-refractivity contribution in [1.29, 1.82) is 0 Å². The third kappa shape index (κ3) is 5.07. The van der Waals surface area contributed by atoms with Crippen molar-refractivity contribution in [3.05, 3.63) is 59.4 Å². The number of amides is 1. The molecule has 0 atom stereocenters. The van der Waals surface area contributed by atoms with Crippen molar-refractivity contribution in [2.24, 2.45) is 0 Å². The molecule has 0 radical (unpaired) electrons. The smallest absolute Gasteiger partial charge is 0.262 e. The maximum absolute atomic E-state index is 13.8. The summed E-state index contributed by atoms with van der Waals surface area (Å²) in [4.78, 5) is 14.5. The molecule has 0 unspecified atom stereocenters. The Balaban J connectivity index is 2.38. The minimum Gasteiger partial charge on any atom is -0.339 e. The van der Waals surface area contributed by atoms with Crippen LogP contribution in [0.3, 0.4) is 0 Å². The number of hydrogen-bond donors (Lipinski definition) is 1. The number of nitrogens with zero attached hydrogens (tertiary/aromatic N) is 1. The van der Waals surface area contributed by atoms with E-state index >= 15 is 0 Å². The third-order valence-corrected chi connectivity index (χ3v) is 5.51. The molecule has 7 heteroatoms. The molecule has 2 aromatic rings. The molecule has 146 valence electrons. The first-order chi connectivity index (χ1) is 12.8. The number of benzene rings is 2. The first kappa shape index (κ1) is 20.9. The number of carbonyl (C=O) groups excluding carboxylic acids is 1. The summed E-state index contributed by atoms with van der Waals surface area (Å²) in [7, 11) is -4.02. The number of aryl methyl sites for hydroxylation is 1. The van der Waals surface area contributed by atoms with Crippen LogP contribution >= 0.6 is 0 Å². The zero-order valence-corrected chi connectivity index (χ0v) is 16.6. The van der Waals surface area contributed by atoms with Crippen molar-refractivity contribution in [2.75, 3.05) is 17.8 Å². The van der Waals surface area contributed by atoms with Gasteiger partial charge in [0.1, 0.15) is 5.82 Å². The topological polar surface area (TPSA) is 66.5 Å². The number of rotatable bonds is 8. The van der Waals surface area contributed by atoms with Gasteiger partial charge in [-0.05, 0) is 49.6 Å². The van der Waals surface area contributed by atoms with Crippen LogP contribution in [0.4, 0.5) is 10.1 Å². The molecule has 1 N–H and O–H groups in total. The van der Waals surface area contributed by atoms with E-state index in [2.05, 4.69) is 4.72 Å². The van der Waals surface area contributed by atoms with Gasteiger partial charge < -0.3 is 4.90 Å². The van der Waals surface area contributed by atoms with Crippen LogP contribution in [0.2, 0.25) is 0 Å². The molecule has 0 aromatic heterocycles. The molecule has 0 saturated carbocycles. The van der Waals surface area contributed by atoms with Crippen LogP contribution in [-0.2, 0) is 10.0 Å². The minimum atomic E-state index is -4.02. The summed E-state index contributed by atoms with van der Waals surface area (Å²) in [5, 5.41) is 0. The Morgan fingerprint density at radius 2 is 1.70 bits per heavy atom. The first-order valence-corrected chi connectivity index (χ1v) is 10.5. The molecule has 2 rings (SSSR count). The Morgan fingerprint density at radius 1 is 1.07 bits per heavy atom. The number of sulfonamides is 1. The van der Waals surface area contributed by atoms with E-state index in [0.29, 0.717) is 24.2 Å². The maximum Gasteiger partial charge on any atom is 0.262 e. The lowest BCUT2D eigenvalue weighted by atomic mass is 10.1. The molecule has 0 saturated heterocycles. The molecule has 0 heterocycles. The molecule has 0 fully saturated rings. The summed E-state index contributed by atoms with van der Waals surface area (Å²) in [6, 6.07) is 9.91. The van der Waals surface area contributed by atoms with Gasteiger partial charge in [0.25, 0.3) is 15.9 Å². The Kier molecular flexibility index (Phi) is 6.96. The highest BCUT2D eigenvalue weighted by Gasteiger charge is 2.22. The predicted octanol–water partition coefficient (Wildman–Crippen LogP) is 4.20. The van der Waals surface area contributed by atoms with Gasteiger partial charge in [-0.25, -0.2) is 12.8 Å². The molecule has 27 heavy (non-hydrogen) atoms. The second-order valence-corrected chi connectivity index (χ2v) is 8.04. The van der Waals surface area contributed by atoms with Crippen LogP contribution in [0.25, 0.3) is 0 Å². The monoisotopic (exact) mass is 392 g/mol. The number of halogens is 1. The SMILES string of the molecule is CCCN(CCC)C(=O)c1cc(S(=O)(=O)Nc2ccccc2F)ccc1C. The van der Waals surface area contributed by atoms with Gasteiger partial charge >= 0.3 is 0 Å². The Bertz CT molecular complexity index is 907. The van der Waals surface area contributed by atoms with E-state index in [1.165, 1.54) is 30.3 Å². The summed E-state index contributed by atoms with van der Waals surface area (Å²) in [5.41, 5.74) is 0.903. The zero-order valence-electron chi connectivity index (χ0n) is 15.8. The van der Waals surface area contributed by atoms with E-state index in [1.807, 2.05) is 13.8 Å². The molecule has 2 aromatic carbocycles. The largest absolute Gasteiger partial charge is 0.339 e. The third-order valence-electron chi connectivity index (χ3n) is 4.14. The van der Waals surface area contributed by atoms with Crippen LogP contribution in [0.1, 0.15) is 42.6 Å². The standard InChI is InChI=1S/C20H25FN2O3S/c1-4-12-23(13-5-2)20(24)17-14-16(11-10-15(17)3)27(25,26)22-19-9-7-6-8-18(19)21/h6-11,14,22H,4-5,12-13H2,1-3H3. The number of anilines is 1. The van der Waals surface area contributed by atoms with Gasteiger partial charge in [-0.3, -0.25) is 9.52 Å². The normalized spacial score (nSPS) is 11.3. The number of carbonyl (C=O) groups is 1. The summed E-state index contributed by atoms with van der Waals surface area (Å²) in [5.74, 6) is -0.860. The summed E-state index contributed by atoms with van der Waals surface area (Å²) in [6.07, 6.45) is 1.63. The average molecular weight is 392 g/mol. The second kappa shape index (κ2) is 8.99. The fourth-order valence-corrected chi connectivity index (χ4v) is 3.86. The van der Waals surface area contributed by atoms with Gasteiger partial charge in [0.05, 0.1) is 10.6 Å². The van der Waals surface area contributed by atoms with Crippen LogP contribution in [0.5, 0.6) is 0 Å². The van der Waals surface area contributed by atoms with Gasteiger partial charge in [0.15, 0.2) is 0 Å². The molecule has 1 amide bonds. The van der Waals surface area contributed by atoms with Gasteiger partial charge in [-0.1, -0.05) is 32.0 Å². The number of para-hydroxylation sites is 1. The summed E-state index contributed by atoms with van der Waals surface area (Å²) < 4.78 is 41.4. The van der Waals surface area contributed by atoms with Crippen molar-refractivity contribution in [3.8, 4) is 0 Å². The second-order valence-electron chi connectivity index (χ2n) is 6.35. The van der Waals surface area contributed by atoms with Crippen molar-refractivity contribution in [1.82, 2.24) is 4.90 Å². The Labute approximate surface area is 160 Å². The lowest BCUT2D eigenvalue weighted by Gasteiger charge is -2.22. The fourth-order valence-electron chi connectivity index (χ4n) is 2.77. The highest BCUT2D eigenvalue weighted by molar-refractivity contribution is 7.92. The van der Waals surface area contributed by atoms with Crippen LogP contribution in [0.15, 0.2) is 47.4 Å². The molecule has 0 aliphatic carbocycles. The molecule has 0 spiro atoms. The van der Waals surface area contributed by atoms with Gasteiger partial charge in [-0.15, -0.1) is 0 Å². The number of hydrogen-bond acceptors (Lipinski definition) is 3. The Morgan fingerprint density at radius 3 is 2.30 bits per heavy atom. The molecule has 0 aliphatic rings. The highest BCUT2D eigenvalue weighted by atomic mass is 32.2. The average Bonchev–Trinajstić information content (AvgIpc) is 2.63. The zero-order chi connectivity index (χ0) is 20.0. The predicted molar refractivity (Wildman–Crippen MR) is 105 cm³/mol. The van der Waals surface area contributed by atoms with Gasteiger partial charge in [0.2, 0.25) is 0 Å². The first-order valence-electron chi connectivity index (χ1n) is 8.97. The maximum atomic E-state index is 13.8. The van der Waals surface area contributed by atoms with Crippen molar-refractivity contribution < 1.29 is 17.6 Å². The van der Waals surface area contributed by atoms with Crippen molar-refractivity contribution in [2.45, 2.75) is 38.5 Å². The lowest BCUT2D eigenvalue weighted by molar-refractivity contribution is 0.0754. The lowest BCUT2D eigenvalue weighted by Crippen LogP contribution is -2.33. The molecular weight excluding hydrogens is 367 g/mol. The summed E-state index contributed by atoms with van der Waals surface area (Å²) >= 11 is 0. The Hall–Kier alpha value is -2.41. The van der Waals surface area contributed by atoms with Crippen LogP contribution in [-0.4, -0.2) is 32.3 Å². The van der Waals surface area contributed by atoms with E-state index in [4.69, 9.17) is 0 Å². The van der Waals surface area contributed by atoms with Gasteiger partial charge in [0, 0.05) is 18.7 Å². The molecule has 0 bridgehead atoms. The fraction of sp³-hybridized carbons (Fsp3) is 0.350. The molecule has 5 nitrogen and oxygen atoms in total.